The van der Waals surface area contributed by atoms with Crippen LogP contribution in [0.3, 0.4) is 0 Å². The SMILES string of the molecule is CC(C)CCCCCCCCCCCCCCCC(=O)O[C@H](COC(=O)CCCCCCCCCCCCCCC(C)C)COP(=O)(O)OCC(O)COP(=O)(O)OC[C@@H](COC(=O)CCCCCCCCCC(C)C)OC(=O)CCCCCCCCCC(C)C. The fraction of sp³-hybridized carbons (Fsp3) is 0.944. The van der Waals surface area contributed by atoms with Crippen molar-refractivity contribution in [2.45, 2.75) is 375 Å². The van der Waals surface area contributed by atoms with Crippen LogP contribution in [0.1, 0.15) is 357 Å². The Bertz CT molecular complexity index is 1800. The van der Waals surface area contributed by atoms with E-state index >= 15 is 0 Å². The van der Waals surface area contributed by atoms with Crippen molar-refractivity contribution in [1.29, 1.82) is 0 Å². The third-order valence-electron chi connectivity index (χ3n) is 16.6. The van der Waals surface area contributed by atoms with Gasteiger partial charge in [0.2, 0.25) is 0 Å². The van der Waals surface area contributed by atoms with Crippen LogP contribution in [0.4, 0.5) is 0 Å². The largest absolute Gasteiger partial charge is 0.472 e. The molecule has 0 aliphatic heterocycles. The topological polar surface area (TPSA) is 237 Å². The molecular weight excluding hydrogens is 1200 g/mol. The van der Waals surface area contributed by atoms with E-state index in [9.17, 15) is 43.2 Å². The zero-order chi connectivity index (χ0) is 67.5. The maximum atomic E-state index is 13.0. The van der Waals surface area contributed by atoms with E-state index in [4.69, 9.17) is 37.0 Å². The second-order valence-electron chi connectivity index (χ2n) is 27.9. The highest BCUT2D eigenvalue weighted by atomic mass is 31.2. The molecule has 0 aromatic carbocycles. The first-order valence-corrected chi connectivity index (χ1v) is 40.2. The molecule has 0 saturated heterocycles. The lowest BCUT2D eigenvalue weighted by molar-refractivity contribution is -0.161. The van der Waals surface area contributed by atoms with Gasteiger partial charge >= 0.3 is 39.5 Å². The lowest BCUT2D eigenvalue weighted by Crippen LogP contribution is -2.30. The molecule has 0 saturated carbocycles. The van der Waals surface area contributed by atoms with Crippen LogP contribution < -0.4 is 0 Å². The van der Waals surface area contributed by atoms with E-state index in [0.29, 0.717) is 37.5 Å². The fourth-order valence-corrected chi connectivity index (χ4v) is 12.4. The Morgan fingerprint density at radius 2 is 0.462 bits per heavy atom. The number of ether oxygens (including phenoxy) is 4. The van der Waals surface area contributed by atoms with Crippen LogP contribution in [0.2, 0.25) is 0 Å². The molecule has 5 atom stereocenters. The summed E-state index contributed by atoms with van der Waals surface area (Å²) < 4.78 is 68.3. The molecule has 91 heavy (non-hydrogen) atoms. The third-order valence-corrected chi connectivity index (χ3v) is 18.5. The van der Waals surface area contributed by atoms with Crippen molar-refractivity contribution < 1.29 is 80.2 Å². The molecule has 3 unspecified atom stereocenters. The number of unbranched alkanes of at least 4 members (excludes halogenated alkanes) is 35. The van der Waals surface area contributed by atoms with Gasteiger partial charge in [-0.2, -0.15) is 0 Å². The van der Waals surface area contributed by atoms with Gasteiger partial charge in [-0.25, -0.2) is 9.13 Å². The number of aliphatic hydroxyl groups excluding tert-OH is 1. The molecule has 540 valence electrons. The van der Waals surface area contributed by atoms with Crippen molar-refractivity contribution in [1.82, 2.24) is 0 Å². The number of phosphoric ester groups is 2. The number of phosphoric acid groups is 2. The summed E-state index contributed by atoms with van der Waals surface area (Å²) in [5.41, 5.74) is 0. The zero-order valence-corrected chi connectivity index (χ0v) is 61.3. The molecular formula is C72H140O17P2. The first-order valence-electron chi connectivity index (χ1n) is 37.2. The van der Waals surface area contributed by atoms with Gasteiger partial charge in [0.25, 0.3) is 0 Å². The zero-order valence-electron chi connectivity index (χ0n) is 59.5. The smallest absolute Gasteiger partial charge is 0.462 e. The molecule has 0 aliphatic rings. The van der Waals surface area contributed by atoms with Crippen LogP contribution in [0, 0.1) is 23.7 Å². The van der Waals surface area contributed by atoms with Crippen molar-refractivity contribution in [3.63, 3.8) is 0 Å². The van der Waals surface area contributed by atoms with Gasteiger partial charge in [0.05, 0.1) is 26.4 Å². The summed E-state index contributed by atoms with van der Waals surface area (Å²) in [5.74, 6) is 0.840. The molecule has 0 spiro atoms. The number of rotatable bonds is 69. The van der Waals surface area contributed by atoms with Crippen LogP contribution in [0.25, 0.3) is 0 Å². The van der Waals surface area contributed by atoms with E-state index in [-0.39, 0.29) is 25.7 Å². The first-order chi connectivity index (χ1) is 43.6. The highest BCUT2D eigenvalue weighted by Gasteiger charge is 2.30. The van der Waals surface area contributed by atoms with Gasteiger partial charge in [-0.05, 0) is 49.4 Å². The highest BCUT2D eigenvalue weighted by molar-refractivity contribution is 7.47. The van der Waals surface area contributed by atoms with E-state index in [1.54, 1.807) is 0 Å². The Morgan fingerprint density at radius 3 is 0.681 bits per heavy atom. The van der Waals surface area contributed by atoms with E-state index in [1.165, 1.54) is 154 Å². The monoisotopic (exact) mass is 1340 g/mol. The van der Waals surface area contributed by atoms with E-state index in [1.807, 2.05) is 0 Å². The summed E-state index contributed by atoms with van der Waals surface area (Å²) >= 11 is 0. The second kappa shape index (κ2) is 61.6. The van der Waals surface area contributed by atoms with Crippen LogP contribution in [-0.2, 0) is 65.4 Å². The molecule has 0 fully saturated rings. The quantitative estimate of drug-likeness (QED) is 0.0222. The molecule has 0 amide bonds. The minimum atomic E-state index is -4.95. The molecule has 0 radical (unpaired) electrons. The van der Waals surface area contributed by atoms with E-state index < -0.39 is 97.5 Å². The summed E-state index contributed by atoms with van der Waals surface area (Å²) in [7, 11) is -9.90. The molecule has 0 rings (SSSR count). The van der Waals surface area contributed by atoms with Gasteiger partial charge in [0.15, 0.2) is 12.2 Å². The highest BCUT2D eigenvalue weighted by Crippen LogP contribution is 2.45. The lowest BCUT2D eigenvalue weighted by atomic mass is 10.0. The van der Waals surface area contributed by atoms with Crippen LogP contribution in [0.5, 0.6) is 0 Å². The Morgan fingerprint density at radius 1 is 0.275 bits per heavy atom. The summed E-state index contributed by atoms with van der Waals surface area (Å²) in [6.45, 7) is 14.1. The van der Waals surface area contributed by atoms with Gasteiger partial charge in [-0.1, -0.05) is 306 Å². The predicted octanol–water partition coefficient (Wildman–Crippen LogP) is 20.5. The molecule has 0 aromatic rings. The molecule has 0 aromatic heterocycles. The Balaban J connectivity index is 5.24. The third kappa shape index (κ3) is 66.5. The minimum absolute atomic E-state index is 0.102. The Labute approximate surface area is 556 Å². The van der Waals surface area contributed by atoms with Crippen LogP contribution >= 0.6 is 15.6 Å². The van der Waals surface area contributed by atoms with Crippen LogP contribution in [0.15, 0.2) is 0 Å². The van der Waals surface area contributed by atoms with Gasteiger partial charge < -0.3 is 33.8 Å². The average molecular weight is 1340 g/mol. The summed E-state index contributed by atoms with van der Waals surface area (Å²) in [6, 6.07) is 0. The summed E-state index contributed by atoms with van der Waals surface area (Å²) in [6.07, 6.45) is 44.6. The van der Waals surface area contributed by atoms with Crippen molar-refractivity contribution in [3.05, 3.63) is 0 Å². The molecule has 0 heterocycles. The molecule has 0 aliphatic carbocycles. The first kappa shape index (κ1) is 89.1. The van der Waals surface area contributed by atoms with Crippen LogP contribution in [-0.4, -0.2) is 96.7 Å². The van der Waals surface area contributed by atoms with Gasteiger partial charge in [0, 0.05) is 25.7 Å². The number of carbonyl (C=O) groups excluding carboxylic acids is 4. The van der Waals surface area contributed by atoms with Gasteiger partial charge in [0.1, 0.15) is 19.3 Å². The number of aliphatic hydroxyl groups is 1. The lowest BCUT2D eigenvalue weighted by Gasteiger charge is -2.21. The van der Waals surface area contributed by atoms with E-state index in [2.05, 4.69) is 55.4 Å². The van der Waals surface area contributed by atoms with E-state index in [0.717, 1.165) is 108 Å². The second-order valence-corrected chi connectivity index (χ2v) is 30.8. The van der Waals surface area contributed by atoms with Gasteiger partial charge in [-0.3, -0.25) is 37.3 Å². The van der Waals surface area contributed by atoms with Crippen molar-refractivity contribution in [2.75, 3.05) is 39.6 Å². The molecule has 3 N–H and O–H groups in total. The normalized spacial score (nSPS) is 14.2. The molecule has 19 heteroatoms. The minimum Gasteiger partial charge on any atom is -0.462 e. The van der Waals surface area contributed by atoms with Crippen molar-refractivity contribution in [3.8, 4) is 0 Å². The Hall–Kier alpha value is -1.94. The average Bonchev–Trinajstić information content (AvgIpc) is 3.39. The standard InChI is InChI=1S/C72H140O17P2/c1-62(2)48-40-32-24-18-14-10-9-11-17-21-29-38-46-54-71(76)88-67(58-82-69(74)52-44-36-28-20-16-13-12-15-19-25-33-41-49-63(3)4)60-86-90(78,79)84-56-66(73)57-85-91(80,81)87-61-68(89-72(77)55-47-39-31-23-27-35-43-51-65(7)8)59-83-70(75)53-45-37-30-22-26-34-42-50-64(5)6/h62-68,73H,9-61H2,1-8H3,(H,78,79)(H,80,81)/t66?,67-,68-/m1/s1. The molecule has 0 bridgehead atoms. The van der Waals surface area contributed by atoms with Crippen molar-refractivity contribution >= 4 is 39.5 Å². The fourth-order valence-electron chi connectivity index (χ4n) is 10.8. The molecule has 17 nitrogen and oxygen atoms in total. The maximum absolute atomic E-state index is 13.0. The number of esters is 4. The van der Waals surface area contributed by atoms with Crippen molar-refractivity contribution in [2.24, 2.45) is 23.7 Å². The Kier molecular flexibility index (Phi) is 60.3. The maximum Gasteiger partial charge on any atom is 0.472 e. The number of hydrogen-bond donors (Lipinski definition) is 3. The van der Waals surface area contributed by atoms with Gasteiger partial charge in [-0.15, -0.1) is 0 Å². The number of hydrogen-bond acceptors (Lipinski definition) is 15. The predicted molar refractivity (Wildman–Crippen MR) is 367 cm³/mol. The number of carbonyl (C=O) groups is 4. The summed E-state index contributed by atoms with van der Waals surface area (Å²) in [5, 5.41) is 10.6. The summed E-state index contributed by atoms with van der Waals surface area (Å²) in [4.78, 5) is 72.6.